The van der Waals surface area contributed by atoms with Crippen LogP contribution >= 0.6 is 34.4 Å². The number of aliphatic imine (C=N–C) groups is 1. The molecule has 64 valence electrons. The summed E-state index contributed by atoms with van der Waals surface area (Å²) in [6, 6.07) is 0. The Hall–Kier alpha value is -0.0400. The number of hydrogen-bond donors (Lipinski definition) is 2. The van der Waals surface area contributed by atoms with Gasteiger partial charge in [0.2, 0.25) is 0 Å². The molecule has 2 aliphatic heterocycles. The van der Waals surface area contributed by atoms with E-state index in [1.807, 2.05) is 0 Å². The van der Waals surface area contributed by atoms with Crippen LogP contribution in [0.15, 0.2) is 14.0 Å². The number of fused-ring (bicyclic) bond motifs is 1. The number of nitrogens with one attached hydrogen (secondary N) is 2. The molecule has 2 atom stereocenters. The summed E-state index contributed by atoms with van der Waals surface area (Å²) in [7, 11) is 0. The number of rotatable bonds is 0. The van der Waals surface area contributed by atoms with Crippen LogP contribution in [0.1, 0.15) is 6.92 Å². The first-order chi connectivity index (χ1) is 5.64. The Morgan fingerprint density at radius 1 is 1.83 bits per heavy atom. The van der Waals surface area contributed by atoms with Crippen LogP contribution in [0.4, 0.5) is 0 Å². The average Bonchev–Trinajstić information content (AvgIpc) is 2.30. The van der Waals surface area contributed by atoms with Crippen LogP contribution in [0.5, 0.6) is 0 Å². The molecule has 12 heavy (non-hydrogen) atoms. The summed E-state index contributed by atoms with van der Waals surface area (Å²) < 4.78 is 1.22. The molecule has 0 aromatic carbocycles. The van der Waals surface area contributed by atoms with Crippen molar-refractivity contribution in [3.05, 3.63) is 8.99 Å². The molecule has 0 aromatic heterocycles. The number of amidine groups is 1. The molecule has 2 rings (SSSR count). The van der Waals surface area contributed by atoms with Crippen LogP contribution in [-0.4, -0.2) is 23.0 Å². The van der Waals surface area contributed by atoms with Crippen molar-refractivity contribution in [1.29, 1.82) is 5.41 Å². The van der Waals surface area contributed by atoms with Gasteiger partial charge in [-0.1, -0.05) is 0 Å². The highest BCUT2D eigenvalue weighted by atomic mass is 127. The smallest absolute Gasteiger partial charge is 0.115 e. The normalized spacial score (nSPS) is 39.0. The minimum absolute atomic E-state index is 0.148. The van der Waals surface area contributed by atoms with Crippen LogP contribution in [0.2, 0.25) is 0 Å². The maximum atomic E-state index is 7.67. The first-order valence-corrected chi connectivity index (χ1v) is 5.57. The molecule has 2 N–H and O–H groups in total. The van der Waals surface area contributed by atoms with E-state index in [0.717, 1.165) is 0 Å². The Balaban J connectivity index is 2.43. The van der Waals surface area contributed by atoms with Crippen molar-refractivity contribution in [3.63, 3.8) is 0 Å². The highest BCUT2D eigenvalue weighted by Gasteiger charge is 2.45. The molecular weight excluding hydrogens is 285 g/mol. The third-order valence-electron chi connectivity index (χ3n) is 2.12. The van der Waals surface area contributed by atoms with Crippen molar-refractivity contribution in [2.45, 2.75) is 17.7 Å². The van der Waals surface area contributed by atoms with E-state index >= 15 is 0 Å². The van der Waals surface area contributed by atoms with Crippen molar-refractivity contribution >= 4 is 46.5 Å². The highest BCUT2D eigenvalue weighted by Crippen LogP contribution is 2.45. The van der Waals surface area contributed by atoms with Gasteiger partial charge in [0.15, 0.2) is 0 Å². The molecule has 2 aliphatic rings. The van der Waals surface area contributed by atoms with E-state index in [0.29, 0.717) is 5.84 Å². The molecule has 0 bridgehead atoms. The predicted molar refractivity (Wildman–Crippen MR) is 61.2 cm³/mol. The van der Waals surface area contributed by atoms with Crippen molar-refractivity contribution in [2.24, 2.45) is 4.99 Å². The fourth-order valence-electron chi connectivity index (χ4n) is 1.29. The second kappa shape index (κ2) is 2.73. The lowest BCUT2D eigenvalue weighted by atomic mass is 9.97. The monoisotopic (exact) mass is 293 g/mol. The molecule has 0 aromatic rings. The Bertz CT molecular complexity index is 299. The van der Waals surface area contributed by atoms with Crippen LogP contribution < -0.4 is 5.32 Å². The number of thioether (sulfide) groups is 1. The number of halogens is 1. The zero-order valence-corrected chi connectivity index (χ0v) is 9.44. The van der Waals surface area contributed by atoms with Crippen LogP contribution in [0.3, 0.4) is 0 Å². The van der Waals surface area contributed by atoms with Crippen molar-refractivity contribution < 1.29 is 0 Å². The molecule has 3 nitrogen and oxygen atoms in total. The minimum atomic E-state index is -0.187. The van der Waals surface area contributed by atoms with Gasteiger partial charge in [0.05, 0.1) is 11.6 Å². The van der Waals surface area contributed by atoms with Gasteiger partial charge in [-0.15, -0.1) is 11.8 Å². The zero-order chi connectivity index (χ0) is 8.77. The van der Waals surface area contributed by atoms with E-state index in [2.05, 4.69) is 45.2 Å². The van der Waals surface area contributed by atoms with E-state index < -0.39 is 0 Å². The van der Waals surface area contributed by atoms with Gasteiger partial charge >= 0.3 is 0 Å². The van der Waals surface area contributed by atoms with Crippen molar-refractivity contribution in [1.82, 2.24) is 5.32 Å². The molecule has 2 heterocycles. The molecule has 0 saturated heterocycles. The fourth-order valence-corrected chi connectivity index (χ4v) is 3.55. The number of nitrogens with zero attached hydrogens (tertiary/aromatic N) is 1. The second-order valence-corrected chi connectivity index (χ2v) is 5.09. The van der Waals surface area contributed by atoms with Gasteiger partial charge in [0, 0.05) is 3.58 Å². The first kappa shape index (κ1) is 8.55. The third-order valence-corrected chi connectivity index (χ3v) is 5.28. The van der Waals surface area contributed by atoms with E-state index in [1.54, 1.807) is 18.1 Å². The van der Waals surface area contributed by atoms with Gasteiger partial charge in [0.1, 0.15) is 11.4 Å². The van der Waals surface area contributed by atoms with Crippen LogP contribution in [0.25, 0.3) is 0 Å². The Morgan fingerprint density at radius 3 is 3.25 bits per heavy atom. The van der Waals surface area contributed by atoms with Gasteiger partial charge in [-0.05, 0) is 34.9 Å². The minimum Gasteiger partial charge on any atom is -0.334 e. The maximum Gasteiger partial charge on any atom is 0.115 e. The summed E-state index contributed by atoms with van der Waals surface area (Å²) in [5.74, 6) is 0.556. The highest BCUT2D eigenvalue weighted by molar-refractivity contribution is 14.1. The van der Waals surface area contributed by atoms with Crippen LogP contribution in [-0.2, 0) is 0 Å². The molecule has 0 fully saturated rings. The largest absolute Gasteiger partial charge is 0.334 e. The summed E-state index contributed by atoms with van der Waals surface area (Å²) >= 11 is 3.97. The lowest BCUT2D eigenvalue weighted by Crippen LogP contribution is -2.48. The molecule has 2 unspecified atom stereocenters. The van der Waals surface area contributed by atoms with E-state index in [9.17, 15) is 0 Å². The third kappa shape index (κ3) is 1.02. The standard InChI is InChI=1S/C7H8IN3S/c1-7-4(8)2-12-5(7)6(9)10-3-11-7/h2-3,5H,1H3,(H2,9,10,11). The van der Waals surface area contributed by atoms with Crippen LogP contribution in [0, 0.1) is 5.41 Å². The summed E-state index contributed by atoms with van der Waals surface area (Å²) in [4.78, 5) is 4.38. The molecule has 0 amide bonds. The average molecular weight is 293 g/mol. The second-order valence-electron chi connectivity index (χ2n) is 2.95. The summed E-state index contributed by atoms with van der Waals surface area (Å²) in [5, 5.41) is 12.7. The van der Waals surface area contributed by atoms with Gasteiger partial charge in [-0.3, -0.25) is 10.4 Å². The molecule has 0 saturated carbocycles. The quantitative estimate of drug-likeness (QED) is 0.668. The maximum absolute atomic E-state index is 7.67. The SMILES string of the molecule is CC12N=CNC(=N)C1SC=C2I. The summed E-state index contributed by atoms with van der Waals surface area (Å²) in [6.45, 7) is 2.07. The topological polar surface area (TPSA) is 48.2 Å². The lowest BCUT2D eigenvalue weighted by molar-refractivity contribution is 0.614. The molecule has 0 spiro atoms. The first-order valence-electron chi connectivity index (χ1n) is 3.55. The number of hydrogen-bond acceptors (Lipinski definition) is 3. The molecule has 0 radical (unpaired) electrons. The zero-order valence-electron chi connectivity index (χ0n) is 6.47. The van der Waals surface area contributed by atoms with E-state index in [1.165, 1.54) is 3.58 Å². The van der Waals surface area contributed by atoms with E-state index in [4.69, 9.17) is 5.41 Å². The molecule has 0 aliphatic carbocycles. The Labute approximate surface area is 88.7 Å². The van der Waals surface area contributed by atoms with Gasteiger partial charge in [-0.2, -0.15) is 0 Å². The summed E-state index contributed by atoms with van der Waals surface area (Å²) in [5.41, 5.74) is -0.187. The van der Waals surface area contributed by atoms with Gasteiger partial charge in [-0.25, -0.2) is 0 Å². The van der Waals surface area contributed by atoms with Gasteiger partial charge < -0.3 is 5.32 Å². The predicted octanol–water partition coefficient (Wildman–Crippen LogP) is 1.75. The summed E-state index contributed by atoms with van der Waals surface area (Å²) in [6.07, 6.45) is 1.62. The lowest BCUT2D eigenvalue weighted by Gasteiger charge is -2.31. The fraction of sp³-hybridized carbons (Fsp3) is 0.429. The van der Waals surface area contributed by atoms with Gasteiger partial charge in [0.25, 0.3) is 0 Å². The van der Waals surface area contributed by atoms with Crippen molar-refractivity contribution in [2.75, 3.05) is 0 Å². The van der Waals surface area contributed by atoms with Crippen molar-refractivity contribution in [3.8, 4) is 0 Å². The Morgan fingerprint density at radius 2 is 2.58 bits per heavy atom. The van der Waals surface area contributed by atoms with E-state index in [-0.39, 0.29) is 10.8 Å². The molecular formula is C7H8IN3S. The Kier molecular flexibility index (Phi) is 1.95. The molecule has 5 heteroatoms.